The van der Waals surface area contributed by atoms with Gasteiger partial charge in [0.25, 0.3) is 5.91 Å². The maximum atomic E-state index is 13.5. The molecule has 1 aromatic carbocycles. The van der Waals surface area contributed by atoms with E-state index in [0.29, 0.717) is 42.2 Å². The minimum absolute atomic E-state index is 0.0735. The van der Waals surface area contributed by atoms with E-state index in [4.69, 9.17) is 4.74 Å². The summed E-state index contributed by atoms with van der Waals surface area (Å²) in [6.45, 7) is 9.16. The van der Waals surface area contributed by atoms with E-state index >= 15 is 0 Å². The summed E-state index contributed by atoms with van der Waals surface area (Å²) in [5, 5.41) is 19.4. The van der Waals surface area contributed by atoms with Crippen molar-refractivity contribution >= 4 is 11.9 Å². The Kier molecular flexibility index (Phi) is 9.67. The predicted molar refractivity (Wildman–Crippen MR) is 141 cm³/mol. The number of rotatable bonds is 8. The van der Waals surface area contributed by atoms with E-state index in [1.807, 2.05) is 37.9 Å². The third kappa shape index (κ3) is 7.31. The maximum absolute atomic E-state index is 13.5. The first-order chi connectivity index (χ1) is 17.6. The number of carbonyl (C=O) groups excluding carboxylic acids is 1. The molecule has 3 atom stereocenters. The van der Waals surface area contributed by atoms with Gasteiger partial charge in [-0.15, -0.1) is 0 Å². The lowest BCUT2D eigenvalue weighted by Gasteiger charge is -2.37. The SMILES string of the molecule is CC(C)CC#Cc1cnc2c(c1)C(=O)N([C@@H](C)CO)C[C@@H](C)[C@@H](CN(C)Cc1ccccc1C(=O)O)O2. The highest BCUT2D eigenvalue weighted by Gasteiger charge is 2.34. The van der Waals surface area contributed by atoms with E-state index in [1.165, 1.54) is 0 Å². The number of benzene rings is 1. The maximum Gasteiger partial charge on any atom is 0.336 e. The van der Waals surface area contributed by atoms with Crippen molar-refractivity contribution in [2.75, 3.05) is 26.7 Å². The minimum atomic E-state index is -0.961. The lowest BCUT2D eigenvalue weighted by atomic mass is 9.99. The number of ether oxygens (including phenoxy) is 1. The largest absolute Gasteiger partial charge is 0.478 e. The van der Waals surface area contributed by atoms with Gasteiger partial charge < -0.3 is 19.8 Å². The first-order valence-electron chi connectivity index (χ1n) is 12.7. The standard InChI is InChI=1S/C29H37N3O5/c1-19(2)9-8-10-22-13-25-27(30-14-22)37-26(20(3)15-32(28(25)34)21(4)18-33)17-31(5)16-23-11-6-7-12-24(23)29(35)36/h6-7,11-14,19-21,26,33H,9,15-18H2,1-5H3,(H,35,36)/t20-,21+,26-/m1/s1. The highest BCUT2D eigenvalue weighted by atomic mass is 16.5. The zero-order valence-corrected chi connectivity index (χ0v) is 22.3. The second kappa shape index (κ2) is 12.7. The molecule has 198 valence electrons. The Hall–Kier alpha value is -3.41. The average molecular weight is 508 g/mol. The topological polar surface area (TPSA) is 103 Å². The Bertz CT molecular complexity index is 1170. The van der Waals surface area contributed by atoms with Crippen LogP contribution < -0.4 is 4.74 Å². The third-order valence-electron chi connectivity index (χ3n) is 6.44. The molecule has 0 spiro atoms. The summed E-state index contributed by atoms with van der Waals surface area (Å²) in [7, 11) is 1.91. The molecule has 0 bridgehead atoms. The Labute approximate surface area is 219 Å². The summed E-state index contributed by atoms with van der Waals surface area (Å²) < 4.78 is 6.34. The summed E-state index contributed by atoms with van der Waals surface area (Å²) in [4.78, 5) is 33.3. The first kappa shape index (κ1) is 28.2. The van der Waals surface area contributed by atoms with E-state index in [9.17, 15) is 19.8 Å². The molecule has 2 aromatic rings. The van der Waals surface area contributed by atoms with Crippen molar-refractivity contribution in [2.45, 2.75) is 52.8 Å². The van der Waals surface area contributed by atoms with E-state index in [2.05, 4.69) is 30.7 Å². The Morgan fingerprint density at radius 3 is 2.70 bits per heavy atom. The summed E-state index contributed by atoms with van der Waals surface area (Å²) in [6, 6.07) is 8.29. The van der Waals surface area contributed by atoms with Gasteiger partial charge in [-0.2, -0.15) is 0 Å². The van der Waals surface area contributed by atoms with Crippen LogP contribution in [0, 0.1) is 23.7 Å². The molecule has 3 rings (SSSR count). The summed E-state index contributed by atoms with van der Waals surface area (Å²) in [5.74, 6) is 5.62. The Balaban J connectivity index is 1.90. The highest BCUT2D eigenvalue weighted by molar-refractivity contribution is 5.97. The lowest BCUT2D eigenvalue weighted by Crippen LogP contribution is -2.49. The van der Waals surface area contributed by atoms with Crippen LogP contribution in [0.1, 0.15) is 66.0 Å². The number of nitrogens with zero attached hydrogens (tertiary/aromatic N) is 3. The lowest BCUT2D eigenvalue weighted by molar-refractivity contribution is 0.0325. The van der Waals surface area contributed by atoms with E-state index in [-0.39, 0.29) is 42.0 Å². The molecule has 8 nitrogen and oxygen atoms in total. The van der Waals surface area contributed by atoms with Gasteiger partial charge in [0.15, 0.2) is 0 Å². The molecule has 0 aliphatic carbocycles. The molecule has 1 amide bonds. The number of pyridine rings is 1. The Morgan fingerprint density at radius 2 is 2.03 bits per heavy atom. The van der Waals surface area contributed by atoms with Crippen molar-refractivity contribution in [1.82, 2.24) is 14.8 Å². The molecule has 37 heavy (non-hydrogen) atoms. The van der Waals surface area contributed by atoms with Crippen molar-refractivity contribution in [3.63, 3.8) is 0 Å². The van der Waals surface area contributed by atoms with Crippen LogP contribution in [0.4, 0.5) is 0 Å². The number of aliphatic hydroxyl groups is 1. The number of aromatic carboxylic acids is 1. The molecule has 0 saturated carbocycles. The van der Waals surface area contributed by atoms with E-state index in [0.717, 1.165) is 6.42 Å². The van der Waals surface area contributed by atoms with Crippen molar-refractivity contribution in [1.29, 1.82) is 0 Å². The van der Waals surface area contributed by atoms with Crippen LogP contribution in [0.2, 0.25) is 0 Å². The fourth-order valence-corrected chi connectivity index (χ4v) is 4.28. The molecule has 0 unspecified atom stereocenters. The van der Waals surface area contributed by atoms with Crippen molar-refractivity contribution in [3.05, 3.63) is 58.8 Å². The molecule has 8 heteroatoms. The second-order valence-electron chi connectivity index (χ2n) is 10.3. The van der Waals surface area contributed by atoms with Gasteiger partial charge in [-0.1, -0.05) is 50.8 Å². The van der Waals surface area contributed by atoms with Crippen molar-refractivity contribution < 1.29 is 24.5 Å². The van der Waals surface area contributed by atoms with E-state index in [1.54, 1.807) is 29.3 Å². The van der Waals surface area contributed by atoms with Gasteiger partial charge in [0.05, 0.1) is 18.2 Å². The zero-order chi connectivity index (χ0) is 27.1. The number of carboxylic acids is 1. The third-order valence-corrected chi connectivity index (χ3v) is 6.44. The minimum Gasteiger partial charge on any atom is -0.478 e. The molecule has 0 radical (unpaired) electrons. The van der Waals surface area contributed by atoms with Crippen LogP contribution in [-0.4, -0.2) is 75.8 Å². The number of aliphatic hydroxyl groups excluding tert-OH is 1. The van der Waals surface area contributed by atoms with Gasteiger partial charge in [0, 0.05) is 43.7 Å². The van der Waals surface area contributed by atoms with Crippen LogP contribution in [-0.2, 0) is 6.54 Å². The highest BCUT2D eigenvalue weighted by Crippen LogP contribution is 2.27. The number of likely N-dealkylation sites (N-methyl/N-ethyl adjacent to an activating group) is 1. The van der Waals surface area contributed by atoms with Crippen molar-refractivity contribution in [3.8, 4) is 17.7 Å². The van der Waals surface area contributed by atoms with Gasteiger partial charge in [-0.25, -0.2) is 9.78 Å². The van der Waals surface area contributed by atoms with Crippen LogP contribution in [0.3, 0.4) is 0 Å². The number of fused-ring (bicyclic) bond motifs is 1. The van der Waals surface area contributed by atoms with E-state index < -0.39 is 5.97 Å². The first-order valence-corrected chi connectivity index (χ1v) is 12.7. The van der Waals surface area contributed by atoms with Gasteiger partial charge in [-0.05, 0) is 37.6 Å². The quantitative estimate of drug-likeness (QED) is 0.527. The monoisotopic (exact) mass is 507 g/mol. The fraction of sp³-hybridized carbons (Fsp3) is 0.483. The molecule has 1 aromatic heterocycles. The number of hydrogen-bond acceptors (Lipinski definition) is 6. The molecule has 1 aliphatic heterocycles. The van der Waals surface area contributed by atoms with Crippen molar-refractivity contribution in [2.24, 2.45) is 11.8 Å². The molecule has 1 aliphatic rings. The number of amides is 1. The van der Waals surface area contributed by atoms with Crippen LogP contribution >= 0.6 is 0 Å². The average Bonchev–Trinajstić information content (AvgIpc) is 2.86. The number of aromatic nitrogens is 1. The Morgan fingerprint density at radius 1 is 1.30 bits per heavy atom. The summed E-state index contributed by atoms with van der Waals surface area (Å²) in [6.07, 6.45) is 2.04. The molecule has 2 N–H and O–H groups in total. The summed E-state index contributed by atoms with van der Waals surface area (Å²) >= 11 is 0. The summed E-state index contributed by atoms with van der Waals surface area (Å²) in [5.41, 5.74) is 1.95. The predicted octanol–water partition coefficient (Wildman–Crippen LogP) is 3.53. The number of hydrogen-bond donors (Lipinski definition) is 2. The molecule has 0 saturated heterocycles. The normalized spacial score (nSPS) is 18.4. The van der Waals surface area contributed by atoms with Gasteiger partial charge >= 0.3 is 5.97 Å². The zero-order valence-electron chi connectivity index (χ0n) is 22.3. The van der Waals surface area contributed by atoms with Gasteiger partial charge in [0.2, 0.25) is 5.88 Å². The smallest absolute Gasteiger partial charge is 0.336 e. The number of carboxylic acid groups (broad SMARTS) is 1. The van der Waals surface area contributed by atoms with Crippen LogP contribution in [0.5, 0.6) is 5.88 Å². The number of carbonyl (C=O) groups is 2. The van der Waals surface area contributed by atoms with Crippen LogP contribution in [0.25, 0.3) is 0 Å². The fourth-order valence-electron chi connectivity index (χ4n) is 4.28. The second-order valence-corrected chi connectivity index (χ2v) is 10.3. The van der Waals surface area contributed by atoms with Crippen LogP contribution in [0.15, 0.2) is 36.5 Å². The molecular formula is C29H37N3O5. The van der Waals surface area contributed by atoms with Gasteiger partial charge in [0.1, 0.15) is 11.7 Å². The van der Waals surface area contributed by atoms with Gasteiger partial charge in [-0.3, -0.25) is 9.69 Å². The molecule has 2 heterocycles. The molecule has 0 fully saturated rings. The molecular weight excluding hydrogens is 470 g/mol.